The molecule has 1 aliphatic rings. The van der Waals surface area contributed by atoms with Crippen molar-refractivity contribution in [1.29, 1.82) is 0 Å². The molecular formula is C13H17F2N. The fourth-order valence-electron chi connectivity index (χ4n) is 2.37. The monoisotopic (exact) mass is 225 g/mol. The van der Waals surface area contributed by atoms with Gasteiger partial charge in [0.25, 0.3) is 5.92 Å². The topological polar surface area (TPSA) is 12.0 Å². The van der Waals surface area contributed by atoms with Gasteiger partial charge in [0, 0.05) is 0 Å². The second-order valence-electron chi connectivity index (χ2n) is 4.57. The molecule has 3 heteroatoms. The highest BCUT2D eigenvalue weighted by Gasteiger charge is 2.42. The number of piperidine rings is 1. The van der Waals surface area contributed by atoms with E-state index in [0.29, 0.717) is 13.0 Å². The summed E-state index contributed by atoms with van der Waals surface area (Å²) >= 11 is 0. The highest BCUT2D eigenvalue weighted by atomic mass is 19.3. The van der Waals surface area contributed by atoms with Crippen LogP contribution in [0.1, 0.15) is 29.0 Å². The molecule has 0 spiro atoms. The van der Waals surface area contributed by atoms with E-state index in [-0.39, 0.29) is 6.54 Å². The van der Waals surface area contributed by atoms with Crippen molar-refractivity contribution in [3.05, 3.63) is 34.9 Å². The molecule has 1 nitrogen and oxygen atoms in total. The van der Waals surface area contributed by atoms with Crippen LogP contribution in [0.3, 0.4) is 0 Å². The molecule has 0 radical (unpaired) electrons. The van der Waals surface area contributed by atoms with Gasteiger partial charge in [0.1, 0.15) is 0 Å². The number of benzene rings is 1. The Morgan fingerprint density at radius 1 is 1.31 bits per heavy atom. The summed E-state index contributed by atoms with van der Waals surface area (Å²) < 4.78 is 27.6. The van der Waals surface area contributed by atoms with Crippen molar-refractivity contribution in [2.45, 2.75) is 32.1 Å². The number of aryl methyl sites for hydroxylation is 1. The Hall–Kier alpha value is -0.960. The van der Waals surface area contributed by atoms with Crippen molar-refractivity contribution in [1.82, 2.24) is 5.32 Å². The van der Waals surface area contributed by atoms with Gasteiger partial charge in [-0.05, 0) is 43.5 Å². The lowest BCUT2D eigenvalue weighted by Gasteiger charge is -2.33. The van der Waals surface area contributed by atoms with E-state index in [2.05, 4.69) is 5.32 Å². The fourth-order valence-corrected chi connectivity index (χ4v) is 2.37. The van der Waals surface area contributed by atoms with Crippen LogP contribution < -0.4 is 5.32 Å². The Balaban J connectivity index is 2.39. The maximum atomic E-state index is 13.8. The molecule has 1 unspecified atom stereocenters. The fraction of sp³-hybridized carbons (Fsp3) is 0.538. The summed E-state index contributed by atoms with van der Waals surface area (Å²) in [6.45, 7) is 4.37. The molecule has 1 aliphatic heterocycles. The molecule has 16 heavy (non-hydrogen) atoms. The number of hydrogen-bond donors (Lipinski definition) is 1. The SMILES string of the molecule is Cc1cccc(C2CCNCC2(F)F)c1C. The summed E-state index contributed by atoms with van der Waals surface area (Å²) in [7, 11) is 0. The minimum absolute atomic E-state index is 0.203. The zero-order valence-electron chi connectivity index (χ0n) is 9.69. The van der Waals surface area contributed by atoms with E-state index >= 15 is 0 Å². The van der Waals surface area contributed by atoms with E-state index in [9.17, 15) is 8.78 Å². The van der Waals surface area contributed by atoms with Crippen molar-refractivity contribution in [3.8, 4) is 0 Å². The average Bonchev–Trinajstić information content (AvgIpc) is 2.22. The van der Waals surface area contributed by atoms with E-state index in [1.165, 1.54) is 0 Å². The Bertz CT molecular complexity index is 388. The third kappa shape index (κ3) is 1.96. The molecule has 0 aliphatic carbocycles. The van der Waals surface area contributed by atoms with E-state index in [4.69, 9.17) is 0 Å². The van der Waals surface area contributed by atoms with E-state index < -0.39 is 11.8 Å². The van der Waals surface area contributed by atoms with Crippen LogP contribution in [0.25, 0.3) is 0 Å². The molecule has 88 valence electrons. The lowest BCUT2D eigenvalue weighted by atomic mass is 9.83. The normalized spacial score (nSPS) is 24.4. The molecule has 0 amide bonds. The van der Waals surface area contributed by atoms with Gasteiger partial charge in [-0.25, -0.2) is 8.78 Å². The second-order valence-corrected chi connectivity index (χ2v) is 4.57. The van der Waals surface area contributed by atoms with Gasteiger partial charge in [-0.1, -0.05) is 18.2 Å². The highest BCUT2D eigenvalue weighted by Crippen LogP contribution is 2.39. The molecule has 1 aromatic carbocycles. The lowest BCUT2D eigenvalue weighted by molar-refractivity contribution is -0.0422. The molecule has 1 saturated heterocycles. The summed E-state index contributed by atoms with van der Waals surface area (Å²) in [5, 5.41) is 2.76. The van der Waals surface area contributed by atoms with Crippen LogP contribution in [0.5, 0.6) is 0 Å². The quantitative estimate of drug-likeness (QED) is 0.774. The van der Waals surface area contributed by atoms with Crippen molar-refractivity contribution in [2.75, 3.05) is 13.1 Å². The summed E-state index contributed by atoms with van der Waals surface area (Å²) in [5.74, 6) is -3.26. The van der Waals surface area contributed by atoms with Gasteiger partial charge in [0.05, 0.1) is 12.5 Å². The van der Waals surface area contributed by atoms with Crippen LogP contribution in [0.2, 0.25) is 0 Å². The molecule has 1 heterocycles. The number of halogens is 2. The predicted octanol–water partition coefficient (Wildman–Crippen LogP) is 3.02. The Kier molecular flexibility index (Phi) is 2.98. The first kappa shape index (κ1) is 11.5. The second kappa shape index (κ2) is 4.13. The van der Waals surface area contributed by atoms with Gasteiger partial charge >= 0.3 is 0 Å². The maximum absolute atomic E-state index is 13.8. The van der Waals surface area contributed by atoms with Crippen LogP contribution in [0.4, 0.5) is 8.78 Å². The maximum Gasteiger partial charge on any atom is 0.267 e. The summed E-state index contributed by atoms with van der Waals surface area (Å²) in [5.41, 5.74) is 2.91. The Morgan fingerprint density at radius 2 is 2.06 bits per heavy atom. The molecule has 0 bridgehead atoms. The van der Waals surface area contributed by atoms with Crippen LogP contribution in [0.15, 0.2) is 18.2 Å². The lowest BCUT2D eigenvalue weighted by Crippen LogP contribution is -2.44. The van der Waals surface area contributed by atoms with Gasteiger partial charge < -0.3 is 5.32 Å². The summed E-state index contributed by atoms with van der Waals surface area (Å²) in [4.78, 5) is 0. The van der Waals surface area contributed by atoms with Crippen molar-refractivity contribution >= 4 is 0 Å². The molecule has 1 aromatic rings. The molecule has 1 atom stereocenters. The first-order valence-electron chi connectivity index (χ1n) is 5.67. The van der Waals surface area contributed by atoms with Gasteiger partial charge in [-0.15, -0.1) is 0 Å². The third-order valence-electron chi connectivity index (χ3n) is 3.50. The first-order valence-corrected chi connectivity index (χ1v) is 5.67. The van der Waals surface area contributed by atoms with Crippen molar-refractivity contribution < 1.29 is 8.78 Å². The van der Waals surface area contributed by atoms with Gasteiger partial charge in [-0.3, -0.25) is 0 Å². The molecule has 1 N–H and O–H groups in total. The number of alkyl halides is 2. The van der Waals surface area contributed by atoms with Crippen LogP contribution >= 0.6 is 0 Å². The molecule has 0 saturated carbocycles. The summed E-state index contributed by atoms with van der Waals surface area (Å²) in [6.07, 6.45) is 0.511. The standard InChI is InChI=1S/C13H17F2N/c1-9-4-3-5-11(10(9)2)12-6-7-16-8-13(12,14)15/h3-5,12,16H,6-8H2,1-2H3. The minimum Gasteiger partial charge on any atom is -0.311 e. The van der Waals surface area contributed by atoms with Crippen LogP contribution in [-0.2, 0) is 0 Å². The van der Waals surface area contributed by atoms with Gasteiger partial charge in [-0.2, -0.15) is 0 Å². The average molecular weight is 225 g/mol. The van der Waals surface area contributed by atoms with Crippen molar-refractivity contribution in [3.63, 3.8) is 0 Å². The predicted molar refractivity (Wildman–Crippen MR) is 61.1 cm³/mol. The Labute approximate surface area is 94.9 Å². The van der Waals surface area contributed by atoms with Crippen molar-refractivity contribution in [2.24, 2.45) is 0 Å². The van der Waals surface area contributed by atoms with E-state index in [1.54, 1.807) is 0 Å². The number of nitrogens with one attached hydrogen (secondary N) is 1. The first-order chi connectivity index (χ1) is 7.52. The van der Waals surface area contributed by atoms with Crippen LogP contribution in [0, 0.1) is 13.8 Å². The third-order valence-corrected chi connectivity index (χ3v) is 3.50. The van der Waals surface area contributed by atoms with E-state index in [1.807, 2.05) is 32.0 Å². The molecule has 1 fully saturated rings. The molecular weight excluding hydrogens is 208 g/mol. The largest absolute Gasteiger partial charge is 0.311 e. The number of rotatable bonds is 1. The zero-order chi connectivity index (χ0) is 11.8. The highest BCUT2D eigenvalue weighted by molar-refractivity contribution is 5.37. The van der Waals surface area contributed by atoms with Gasteiger partial charge in [0.15, 0.2) is 0 Å². The zero-order valence-corrected chi connectivity index (χ0v) is 9.69. The van der Waals surface area contributed by atoms with Crippen LogP contribution in [-0.4, -0.2) is 19.0 Å². The minimum atomic E-state index is -2.63. The summed E-state index contributed by atoms with van der Waals surface area (Å²) in [6, 6.07) is 5.68. The number of hydrogen-bond acceptors (Lipinski definition) is 1. The Morgan fingerprint density at radius 3 is 2.75 bits per heavy atom. The van der Waals surface area contributed by atoms with E-state index in [0.717, 1.165) is 16.7 Å². The molecule has 0 aromatic heterocycles. The molecule has 2 rings (SSSR count). The van der Waals surface area contributed by atoms with Gasteiger partial charge in [0.2, 0.25) is 0 Å². The smallest absolute Gasteiger partial charge is 0.267 e.